The summed E-state index contributed by atoms with van der Waals surface area (Å²) in [7, 11) is 1.68. The maximum atomic E-state index is 11.1. The van der Waals surface area contributed by atoms with Gasteiger partial charge in [-0.15, -0.1) is 0 Å². The van der Waals surface area contributed by atoms with Crippen LogP contribution in [0, 0.1) is 0 Å². The first kappa shape index (κ1) is 8.87. The molecular formula is C10H11NO3. The van der Waals surface area contributed by atoms with Gasteiger partial charge in [-0.1, -0.05) is 12.1 Å². The first-order valence-electron chi connectivity index (χ1n) is 4.37. The number of rotatable bonds is 1. The summed E-state index contributed by atoms with van der Waals surface area (Å²) in [6.45, 7) is 0.346. The molecule has 4 nitrogen and oxygen atoms in total. The Bertz CT molecular complexity index is 364. The molecule has 1 fully saturated rings. The van der Waals surface area contributed by atoms with E-state index >= 15 is 0 Å². The van der Waals surface area contributed by atoms with Crippen LogP contribution in [-0.4, -0.2) is 29.8 Å². The van der Waals surface area contributed by atoms with E-state index in [-0.39, 0.29) is 17.9 Å². The predicted octanol–water partition coefficient (Wildman–Crippen LogP) is 1.52. The van der Waals surface area contributed by atoms with Gasteiger partial charge in [-0.2, -0.15) is 0 Å². The van der Waals surface area contributed by atoms with Crippen LogP contribution in [0.25, 0.3) is 0 Å². The summed E-state index contributed by atoms with van der Waals surface area (Å²) >= 11 is 0. The topological polar surface area (TPSA) is 49.8 Å². The average molecular weight is 193 g/mol. The van der Waals surface area contributed by atoms with Crippen molar-refractivity contribution in [2.45, 2.75) is 6.04 Å². The third-order valence-corrected chi connectivity index (χ3v) is 2.38. The fourth-order valence-corrected chi connectivity index (χ4v) is 1.54. The van der Waals surface area contributed by atoms with E-state index in [1.165, 1.54) is 4.90 Å². The number of cyclic esters (lactones) is 1. The zero-order chi connectivity index (χ0) is 10.1. The molecule has 1 aromatic carbocycles. The number of phenolic OH excluding ortho intramolecular Hbond substituents is 1. The van der Waals surface area contributed by atoms with Crippen molar-refractivity contribution in [2.24, 2.45) is 0 Å². The van der Waals surface area contributed by atoms with Gasteiger partial charge in [0, 0.05) is 7.05 Å². The van der Waals surface area contributed by atoms with Gasteiger partial charge >= 0.3 is 6.09 Å². The number of phenols is 1. The minimum Gasteiger partial charge on any atom is -0.508 e. The molecule has 1 heterocycles. The lowest BCUT2D eigenvalue weighted by Crippen LogP contribution is -2.22. The maximum Gasteiger partial charge on any atom is 0.410 e. The van der Waals surface area contributed by atoms with Crippen LogP contribution in [0.1, 0.15) is 11.6 Å². The van der Waals surface area contributed by atoms with Gasteiger partial charge < -0.3 is 14.7 Å². The summed E-state index contributed by atoms with van der Waals surface area (Å²) in [5, 5.41) is 9.28. The van der Waals surface area contributed by atoms with E-state index in [0.29, 0.717) is 6.61 Å². The molecule has 1 aliphatic heterocycles. The number of nitrogens with zero attached hydrogens (tertiary/aromatic N) is 1. The van der Waals surface area contributed by atoms with Crippen molar-refractivity contribution in [3.05, 3.63) is 29.8 Å². The van der Waals surface area contributed by atoms with Crippen LogP contribution in [0.15, 0.2) is 24.3 Å². The average Bonchev–Trinajstić information content (AvgIpc) is 2.48. The van der Waals surface area contributed by atoms with E-state index in [1.54, 1.807) is 25.2 Å². The third kappa shape index (κ3) is 1.39. The van der Waals surface area contributed by atoms with Gasteiger partial charge in [0.2, 0.25) is 0 Å². The number of likely N-dealkylation sites (N-methyl/N-ethyl adjacent to an activating group) is 1. The highest BCUT2D eigenvalue weighted by Gasteiger charge is 2.30. The molecule has 1 aromatic rings. The van der Waals surface area contributed by atoms with Crippen molar-refractivity contribution in [1.82, 2.24) is 4.90 Å². The summed E-state index contributed by atoms with van der Waals surface area (Å²) in [5.74, 6) is 0.204. The van der Waals surface area contributed by atoms with Gasteiger partial charge in [-0.3, -0.25) is 0 Å². The molecule has 0 radical (unpaired) electrons. The Morgan fingerprint density at radius 2 is 2.36 bits per heavy atom. The SMILES string of the molecule is CN1C(=O)OCC1c1cccc(O)c1. The molecule has 4 heteroatoms. The lowest BCUT2D eigenvalue weighted by molar-refractivity contribution is 0.163. The molecular weight excluding hydrogens is 182 g/mol. The minimum absolute atomic E-state index is 0.0883. The molecule has 1 aliphatic rings. The van der Waals surface area contributed by atoms with Gasteiger partial charge in [0.1, 0.15) is 12.4 Å². The second-order valence-electron chi connectivity index (χ2n) is 3.30. The molecule has 0 spiro atoms. The van der Waals surface area contributed by atoms with Crippen molar-refractivity contribution in [3.63, 3.8) is 0 Å². The Labute approximate surface area is 81.7 Å². The van der Waals surface area contributed by atoms with Crippen LogP contribution in [0.4, 0.5) is 4.79 Å². The number of amides is 1. The number of benzene rings is 1. The van der Waals surface area contributed by atoms with E-state index in [1.807, 2.05) is 6.07 Å². The minimum atomic E-state index is -0.321. The molecule has 2 rings (SSSR count). The van der Waals surface area contributed by atoms with Crippen LogP contribution < -0.4 is 0 Å². The second kappa shape index (κ2) is 3.21. The van der Waals surface area contributed by atoms with Gasteiger partial charge in [-0.25, -0.2) is 4.79 Å². The fourth-order valence-electron chi connectivity index (χ4n) is 1.54. The molecule has 0 aromatic heterocycles. The lowest BCUT2D eigenvalue weighted by Gasteiger charge is -2.16. The second-order valence-corrected chi connectivity index (χ2v) is 3.30. The Balaban J connectivity index is 2.28. The summed E-state index contributed by atoms with van der Waals surface area (Å²) in [4.78, 5) is 12.6. The normalized spacial score (nSPS) is 21.1. The predicted molar refractivity (Wildman–Crippen MR) is 50.0 cm³/mol. The number of hydrogen-bond acceptors (Lipinski definition) is 3. The van der Waals surface area contributed by atoms with E-state index in [9.17, 15) is 9.90 Å². The molecule has 0 bridgehead atoms. The van der Waals surface area contributed by atoms with Gasteiger partial charge in [0.05, 0.1) is 6.04 Å². The Morgan fingerprint density at radius 1 is 1.57 bits per heavy atom. The van der Waals surface area contributed by atoms with Gasteiger partial charge in [0.15, 0.2) is 0 Å². The molecule has 74 valence electrons. The van der Waals surface area contributed by atoms with Crippen LogP contribution in [0.5, 0.6) is 5.75 Å². The monoisotopic (exact) mass is 193 g/mol. The number of aromatic hydroxyl groups is 1. The lowest BCUT2D eigenvalue weighted by atomic mass is 10.1. The van der Waals surface area contributed by atoms with Crippen molar-refractivity contribution in [3.8, 4) is 5.75 Å². The van der Waals surface area contributed by atoms with E-state index in [2.05, 4.69) is 0 Å². The van der Waals surface area contributed by atoms with Crippen LogP contribution in [-0.2, 0) is 4.74 Å². The van der Waals surface area contributed by atoms with E-state index < -0.39 is 0 Å². The zero-order valence-corrected chi connectivity index (χ0v) is 7.80. The Hall–Kier alpha value is -1.71. The van der Waals surface area contributed by atoms with E-state index in [0.717, 1.165) is 5.56 Å². The molecule has 0 saturated carbocycles. The molecule has 1 atom stereocenters. The third-order valence-electron chi connectivity index (χ3n) is 2.38. The van der Waals surface area contributed by atoms with Crippen molar-refractivity contribution >= 4 is 6.09 Å². The van der Waals surface area contributed by atoms with Gasteiger partial charge in [0.25, 0.3) is 0 Å². The van der Waals surface area contributed by atoms with E-state index in [4.69, 9.17) is 4.74 Å². The first-order chi connectivity index (χ1) is 6.68. The zero-order valence-electron chi connectivity index (χ0n) is 7.80. The number of hydrogen-bond donors (Lipinski definition) is 1. The Morgan fingerprint density at radius 3 is 2.93 bits per heavy atom. The van der Waals surface area contributed by atoms with Crippen LogP contribution >= 0.6 is 0 Å². The first-order valence-corrected chi connectivity index (χ1v) is 4.37. The molecule has 1 amide bonds. The van der Waals surface area contributed by atoms with Crippen molar-refractivity contribution in [1.29, 1.82) is 0 Å². The van der Waals surface area contributed by atoms with Crippen molar-refractivity contribution < 1.29 is 14.6 Å². The summed E-state index contributed by atoms with van der Waals surface area (Å²) in [6.07, 6.45) is -0.321. The molecule has 14 heavy (non-hydrogen) atoms. The molecule has 1 unspecified atom stereocenters. The molecule has 1 N–H and O–H groups in total. The number of carbonyl (C=O) groups excluding carboxylic acids is 1. The molecule has 1 saturated heterocycles. The highest BCUT2D eigenvalue weighted by atomic mass is 16.6. The van der Waals surface area contributed by atoms with Crippen molar-refractivity contribution in [2.75, 3.05) is 13.7 Å². The number of carbonyl (C=O) groups is 1. The quantitative estimate of drug-likeness (QED) is 0.735. The molecule has 0 aliphatic carbocycles. The summed E-state index contributed by atoms with van der Waals surface area (Å²) < 4.78 is 4.88. The summed E-state index contributed by atoms with van der Waals surface area (Å²) in [5.41, 5.74) is 0.887. The largest absolute Gasteiger partial charge is 0.508 e. The Kier molecular flexibility index (Phi) is 2.04. The van der Waals surface area contributed by atoms with Crippen LogP contribution in [0.2, 0.25) is 0 Å². The fraction of sp³-hybridized carbons (Fsp3) is 0.300. The highest BCUT2D eigenvalue weighted by Crippen LogP contribution is 2.27. The standard InChI is InChI=1S/C10H11NO3/c1-11-9(6-14-10(11)13)7-3-2-4-8(12)5-7/h2-5,9,12H,6H2,1H3. The maximum absolute atomic E-state index is 11.1. The summed E-state index contributed by atoms with van der Waals surface area (Å²) in [6, 6.07) is 6.77. The highest BCUT2D eigenvalue weighted by molar-refractivity contribution is 5.70. The van der Waals surface area contributed by atoms with Gasteiger partial charge in [-0.05, 0) is 17.7 Å². The number of ether oxygens (including phenoxy) is 1. The van der Waals surface area contributed by atoms with Crippen LogP contribution in [0.3, 0.4) is 0 Å². The smallest absolute Gasteiger partial charge is 0.410 e.